The van der Waals surface area contributed by atoms with Gasteiger partial charge in [-0.05, 0) is 39.8 Å². The van der Waals surface area contributed by atoms with Gasteiger partial charge in [-0.3, -0.25) is 0 Å². The first-order valence-electron chi connectivity index (χ1n) is 7.23. The van der Waals surface area contributed by atoms with Crippen molar-refractivity contribution in [3.63, 3.8) is 0 Å². The number of hydrogen-bond donors (Lipinski definition) is 0. The highest BCUT2D eigenvalue weighted by Gasteiger charge is 2.51. The van der Waals surface area contributed by atoms with Crippen LogP contribution in [0, 0.1) is 5.82 Å². The van der Waals surface area contributed by atoms with Crippen molar-refractivity contribution in [1.29, 1.82) is 0 Å². The molecule has 1 aliphatic rings. The van der Waals surface area contributed by atoms with Crippen molar-refractivity contribution in [2.45, 2.75) is 38.9 Å². The molecule has 1 aromatic heterocycles. The fourth-order valence-electron chi connectivity index (χ4n) is 2.22. The fraction of sp³-hybridized carbons (Fsp3) is 0.375. The Balaban J connectivity index is 1.86. The highest BCUT2D eigenvalue weighted by molar-refractivity contribution is 6.61. The molecule has 3 rings (SSSR count). The molecule has 1 fully saturated rings. The standard InChI is InChI=1S/C16H18BFN2O2/c1-15(2)16(3,4)22-17(21-15)11-9-19-14(20-10-11)12-7-5-6-8-13(12)18/h5-10H,1-4H3. The average Bonchev–Trinajstić information content (AvgIpc) is 2.68. The smallest absolute Gasteiger partial charge is 0.399 e. The Kier molecular flexibility index (Phi) is 3.53. The van der Waals surface area contributed by atoms with Crippen molar-refractivity contribution < 1.29 is 13.7 Å². The second kappa shape index (κ2) is 5.14. The molecule has 0 unspecified atom stereocenters. The molecule has 0 spiro atoms. The third kappa shape index (κ3) is 2.53. The molecule has 0 radical (unpaired) electrons. The minimum Gasteiger partial charge on any atom is -0.399 e. The van der Waals surface area contributed by atoms with E-state index in [1.807, 2.05) is 27.7 Å². The Morgan fingerprint density at radius 1 is 0.955 bits per heavy atom. The van der Waals surface area contributed by atoms with Gasteiger partial charge in [0, 0.05) is 17.9 Å². The van der Waals surface area contributed by atoms with Gasteiger partial charge in [0.15, 0.2) is 5.82 Å². The van der Waals surface area contributed by atoms with Crippen molar-refractivity contribution in [3.8, 4) is 11.4 Å². The van der Waals surface area contributed by atoms with Crippen molar-refractivity contribution in [2.24, 2.45) is 0 Å². The molecular formula is C16H18BFN2O2. The minimum atomic E-state index is -0.514. The lowest BCUT2D eigenvalue weighted by atomic mass is 9.81. The van der Waals surface area contributed by atoms with Gasteiger partial charge in [-0.15, -0.1) is 0 Å². The quantitative estimate of drug-likeness (QED) is 0.800. The summed E-state index contributed by atoms with van der Waals surface area (Å²) in [6.45, 7) is 7.95. The van der Waals surface area contributed by atoms with Crippen LogP contribution in [-0.2, 0) is 9.31 Å². The van der Waals surface area contributed by atoms with Gasteiger partial charge in [-0.25, -0.2) is 14.4 Å². The molecule has 0 aliphatic carbocycles. The normalized spacial score (nSPS) is 19.4. The summed E-state index contributed by atoms with van der Waals surface area (Å²) in [5, 5.41) is 0. The van der Waals surface area contributed by atoms with Crippen LogP contribution in [0.5, 0.6) is 0 Å². The first-order chi connectivity index (χ1) is 10.3. The zero-order chi connectivity index (χ0) is 16.0. The average molecular weight is 300 g/mol. The highest BCUT2D eigenvalue weighted by Crippen LogP contribution is 2.36. The van der Waals surface area contributed by atoms with Gasteiger partial charge in [0.1, 0.15) is 5.82 Å². The number of rotatable bonds is 2. The fourth-order valence-corrected chi connectivity index (χ4v) is 2.22. The van der Waals surface area contributed by atoms with Crippen LogP contribution < -0.4 is 5.46 Å². The van der Waals surface area contributed by atoms with Crippen LogP contribution in [0.4, 0.5) is 4.39 Å². The van der Waals surface area contributed by atoms with E-state index in [0.717, 1.165) is 5.46 Å². The Hall–Kier alpha value is -1.79. The SMILES string of the molecule is CC1(C)OB(c2cnc(-c3ccccc3F)nc2)OC1(C)C. The van der Waals surface area contributed by atoms with Gasteiger partial charge in [0.05, 0.1) is 16.8 Å². The largest absolute Gasteiger partial charge is 0.498 e. The van der Waals surface area contributed by atoms with E-state index in [4.69, 9.17) is 9.31 Å². The van der Waals surface area contributed by atoms with Crippen molar-refractivity contribution in [3.05, 3.63) is 42.5 Å². The van der Waals surface area contributed by atoms with Crippen LogP contribution >= 0.6 is 0 Å². The Labute approximate surface area is 129 Å². The maximum Gasteiger partial charge on any atom is 0.498 e. The topological polar surface area (TPSA) is 44.2 Å². The molecule has 1 saturated heterocycles. The van der Waals surface area contributed by atoms with Crippen LogP contribution in [-0.4, -0.2) is 28.3 Å². The third-order valence-corrected chi connectivity index (χ3v) is 4.31. The Morgan fingerprint density at radius 2 is 1.50 bits per heavy atom. The van der Waals surface area contributed by atoms with Gasteiger partial charge in [0.25, 0.3) is 0 Å². The van der Waals surface area contributed by atoms with E-state index in [1.165, 1.54) is 6.07 Å². The molecule has 0 amide bonds. The molecular weight excluding hydrogens is 282 g/mol. The first-order valence-corrected chi connectivity index (χ1v) is 7.23. The first kappa shape index (κ1) is 15.1. The van der Waals surface area contributed by atoms with Crippen molar-refractivity contribution in [1.82, 2.24) is 9.97 Å². The van der Waals surface area contributed by atoms with Crippen LogP contribution in [0.15, 0.2) is 36.7 Å². The second-order valence-corrected chi connectivity index (χ2v) is 6.41. The number of aromatic nitrogens is 2. The molecule has 1 aliphatic heterocycles. The van der Waals surface area contributed by atoms with Gasteiger partial charge in [-0.1, -0.05) is 12.1 Å². The van der Waals surface area contributed by atoms with Gasteiger partial charge >= 0.3 is 7.12 Å². The van der Waals surface area contributed by atoms with Gasteiger partial charge < -0.3 is 9.31 Å². The van der Waals surface area contributed by atoms with Crippen LogP contribution in [0.25, 0.3) is 11.4 Å². The second-order valence-electron chi connectivity index (χ2n) is 6.41. The molecule has 2 heterocycles. The summed E-state index contributed by atoms with van der Waals surface area (Å²) < 4.78 is 25.6. The summed E-state index contributed by atoms with van der Waals surface area (Å²) in [5.41, 5.74) is 0.269. The molecule has 6 heteroatoms. The molecule has 1 aromatic carbocycles. The number of benzene rings is 1. The predicted molar refractivity (Wildman–Crippen MR) is 83.1 cm³/mol. The van der Waals surface area contributed by atoms with Crippen LogP contribution in [0.1, 0.15) is 27.7 Å². The van der Waals surface area contributed by atoms with E-state index in [-0.39, 0.29) is 5.82 Å². The monoisotopic (exact) mass is 300 g/mol. The summed E-state index contributed by atoms with van der Waals surface area (Å²) in [4.78, 5) is 8.48. The third-order valence-electron chi connectivity index (χ3n) is 4.31. The Bertz CT molecular complexity index is 673. The van der Waals surface area contributed by atoms with E-state index in [1.54, 1.807) is 30.6 Å². The van der Waals surface area contributed by atoms with Crippen molar-refractivity contribution >= 4 is 12.6 Å². The van der Waals surface area contributed by atoms with E-state index < -0.39 is 18.3 Å². The molecule has 0 saturated carbocycles. The summed E-state index contributed by atoms with van der Waals surface area (Å²) >= 11 is 0. The lowest BCUT2D eigenvalue weighted by Crippen LogP contribution is -2.41. The maximum absolute atomic E-state index is 13.8. The van der Waals surface area contributed by atoms with Gasteiger partial charge in [0.2, 0.25) is 0 Å². The zero-order valence-electron chi connectivity index (χ0n) is 13.1. The molecule has 4 nitrogen and oxygen atoms in total. The zero-order valence-corrected chi connectivity index (χ0v) is 13.1. The summed E-state index contributed by atoms with van der Waals surface area (Å²) in [6, 6.07) is 6.43. The van der Waals surface area contributed by atoms with E-state index in [2.05, 4.69) is 9.97 Å². The summed E-state index contributed by atoms with van der Waals surface area (Å²) in [5.74, 6) is 0.00394. The van der Waals surface area contributed by atoms with Crippen molar-refractivity contribution in [2.75, 3.05) is 0 Å². The molecule has 0 atom stereocenters. The molecule has 0 bridgehead atoms. The van der Waals surface area contributed by atoms with Crippen LogP contribution in [0.2, 0.25) is 0 Å². The number of nitrogens with zero attached hydrogens (tertiary/aromatic N) is 2. The summed E-state index contributed by atoms with van der Waals surface area (Å²) in [7, 11) is -0.514. The highest BCUT2D eigenvalue weighted by atomic mass is 19.1. The number of halogens is 1. The van der Waals surface area contributed by atoms with Gasteiger partial charge in [-0.2, -0.15) is 0 Å². The molecule has 0 N–H and O–H groups in total. The number of hydrogen-bond acceptors (Lipinski definition) is 4. The van der Waals surface area contributed by atoms with E-state index >= 15 is 0 Å². The summed E-state index contributed by atoms with van der Waals surface area (Å²) in [6.07, 6.45) is 3.24. The van der Waals surface area contributed by atoms with E-state index in [9.17, 15) is 4.39 Å². The minimum absolute atomic E-state index is 0.342. The predicted octanol–water partition coefficient (Wildman–Crippen LogP) is 2.58. The van der Waals surface area contributed by atoms with E-state index in [0.29, 0.717) is 11.4 Å². The lowest BCUT2D eigenvalue weighted by Gasteiger charge is -2.32. The maximum atomic E-state index is 13.8. The Morgan fingerprint density at radius 3 is 2.05 bits per heavy atom. The molecule has 22 heavy (non-hydrogen) atoms. The lowest BCUT2D eigenvalue weighted by molar-refractivity contribution is 0.00578. The molecule has 2 aromatic rings. The van der Waals surface area contributed by atoms with Crippen LogP contribution in [0.3, 0.4) is 0 Å². The molecule has 114 valence electrons.